The van der Waals surface area contributed by atoms with E-state index in [4.69, 9.17) is 4.74 Å². The van der Waals surface area contributed by atoms with Gasteiger partial charge in [0.05, 0.1) is 0 Å². The van der Waals surface area contributed by atoms with Crippen molar-refractivity contribution < 1.29 is 14.3 Å². The van der Waals surface area contributed by atoms with Crippen LogP contribution in [-0.2, 0) is 11.3 Å². The van der Waals surface area contributed by atoms with Crippen LogP contribution >= 0.6 is 0 Å². The van der Waals surface area contributed by atoms with Crippen LogP contribution in [0.1, 0.15) is 50.3 Å². The molecule has 0 saturated carbocycles. The molecular formula is C23H31N3O3. The molecule has 0 unspecified atom stereocenters. The van der Waals surface area contributed by atoms with Crippen LogP contribution in [0.25, 0.3) is 0 Å². The molecule has 0 atom stereocenters. The van der Waals surface area contributed by atoms with Gasteiger partial charge in [0.2, 0.25) is 0 Å². The molecule has 0 spiro atoms. The van der Waals surface area contributed by atoms with Crippen molar-refractivity contribution in [2.24, 2.45) is 0 Å². The van der Waals surface area contributed by atoms with E-state index in [2.05, 4.69) is 29.8 Å². The van der Waals surface area contributed by atoms with Crippen LogP contribution in [0, 0.1) is 6.92 Å². The van der Waals surface area contributed by atoms with Crippen LogP contribution in [0.3, 0.4) is 0 Å². The second-order valence-electron chi connectivity index (χ2n) is 7.69. The quantitative estimate of drug-likeness (QED) is 0.620. The molecule has 0 aromatic heterocycles. The first-order chi connectivity index (χ1) is 13.7. The van der Waals surface area contributed by atoms with E-state index < -0.39 is 0 Å². The van der Waals surface area contributed by atoms with Gasteiger partial charge in [-0.2, -0.15) is 0 Å². The lowest BCUT2D eigenvalue weighted by Crippen LogP contribution is -2.34. The van der Waals surface area contributed by atoms with Gasteiger partial charge in [0.1, 0.15) is 5.75 Å². The molecule has 2 rings (SSSR count). The van der Waals surface area contributed by atoms with Crippen LogP contribution in [-0.4, -0.2) is 24.6 Å². The predicted molar refractivity (Wildman–Crippen MR) is 116 cm³/mol. The fraction of sp³-hybridized carbons (Fsp3) is 0.391. The van der Waals surface area contributed by atoms with E-state index in [0.717, 1.165) is 11.1 Å². The summed E-state index contributed by atoms with van der Waals surface area (Å²) in [5.74, 6) is 0.963. The van der Waals surface area contributed by atoms with Crippen LogP contribution in [0.5, 0.6) is 5.75 Å². The zero-order valence-corrected chi connectivity index (χ0v) is 17.8. The third-order valence-corrected chi connectivity index (χ3v) is 4.35. The van der Waals surface area contributed by atoms with Crippen LogP contribution in [0.15, 0.2) is 42.5 Å². The third kappa shape index (κ3) is 7.49. The van der Waals surface area contributed by atoms with Crippen molar-refractivity contribution in [3.05, 3.63) is 59.2 Å². The average Bonchev–Trinajstić information content (AvgIpc) is 2.65. The Morgan fingerprint density at radius 3 is 2.28 bits per heavy atom. The van der Waals surface area contributed by atoms with Gasteiger partial charge in [-0.3, -0.25) is 4.79 Å². The van der Waals surface area contributed by atoms with Crippen LogP contribution in [0.4, 0.5) is 10.5 Å². The number of ether oxygens (including phenoxy) is 1. The van der Waals surface area contributed by atoms with Gasteiger partial charge in [-0.1, -0.05) is 32.0 Å². The summed E-state index contributed by atoms with van der Waals surface area (Å²) in [6.07, 6.45) is 0. The highest BCUT2D eigenvalue weighted by molar-refractivity contribution is 5.89. The molecule has 6 nitrogen and oxygen atoms in total. The first-order valence-electron chi connectivity index (χ1n) is 9.91. The molecule has 3 amide bonds. The second-order valence-corrected chi connectivity index (χ2v) is 7.69. The number of hydrogen-bond acceptors (Lipinski definition) is 3. The molecule has 0 radical (unpaired) electrons. The molecule has 0 saturated heterocycles. The summed E-state index contributed by atoms with van der Waals surface area (Å²) >= 11 is 0. The first-order valence-corrected chi connectivity index (χ1v) is 9.91. The Morgan fingerprint density at radius 1 is 1.00 bits per heavy atom. The number of nitrogens with one attached hydrogen (secondary N) is 3. The van der Waals surface area contributed by atoms with Gasteiger partial charge < -0.3 is 20.7 Å². The molecule has 2 aromatic carbocycles. The van der Waals surface area contributed by atoms with Gasteiger partial charge in [-0.15, -0.1) is 0 Å². The largest absolute Gasteiger partial charge is 0.484 e. The smallest absolute Gasteiger partial charge is 0.319 e. The highest BCUT2D eigenvalue weighted by Crippen LogP contribution is 2.23. The lowest BCUT2D eigenvalue weighted by atomic mass is 9.98. The normalized spacial score (nSPS) is 10.7. The van der Waals surface area contributed by atoms with Gasteiger partial charge in [0.25, 0.3) is 5.91 Å². The molecular weight excluding hydrogens is 366 g/mol. The highest BCUT2D eigenvalue weighted by atomic mass is 16.5. The van der Waals surface area contributed by atoms with Crippen molar-refractivity contribution in [3.8, 4) is 5.75 Å². The van der Waals surface area contributed by atoms with Crippen molar-refractivity contribution in [2.45, 2.75) is 53.1 Å². The van der Waals surface area contributed by atoms with Crippen LogP contribution in [0.2, 0.25) is 0 Å². The summed E-state index contributed by atoms with van der Waals surface area (Å²) in [6, 6.07) is 13.1. The minimum absolute atomic E-state index is 0.0323. The minimum Gasteiger partial charge on any atom is -0.484 e. The summed E-state index contributed by atoms with van der Waals surface area (Å²) in [7, 11) is 0. The van der Waals surface area contributed by atoms with Crippen molar-refractivity contribution >= 4 is 17.6 Å². The molecule has 2 aromatic rings. The molecule has 0 fully saturated rings. The highest BCUT2D eigenvalue weighted by Gasteiger charge is 2.07. The fourth-order valence-electron chi connectivity index (χ4n) is 2.92. The summed E-state index contributed by atoms with van der Waals surface area (Å²) in [5.41, 5.74) is 4.07. The maximum absolute atomic E-state index is 12.1. The van der Waals surface area contributed by atoms with Gasteiger partial charge in [0.15, 0.2) is 6.61 Å². The van der Waals surface area contributed by atoms with E-state index in [1.54, 1.807) is 12.1 Å². The van der Waals surface area contributed by atoms with Crippen molar-refractivity contribution in [2.75, 3.05) is 11.9 Å². The predicted octanol–water partition coefficient (Wildman–Crippen LogP) is 4.34. The summed E-state index contributed by atoms with van der Waals surface area (Å²) < 4.78 is 5.60. The molecule has 6 heteroatoms. The Bertz CT molecular complexity index is 830. The maximum Gasteiger partial charge on any atom is 0.319 e. The Hall–Kier alpha value is -3.02. The van der Waals surface area contributed by atoms with Crippen LogP contribution < -0.4 is 20.7 Å². The number of anilines is 1. The number of rotatable bonds is 8. The molecule has 29 heavy (non-hydrogen) atoms. The molecule has 0 aliphatic rings. The number of benzene rings is 2. The molecule has 156 valence electrons. The van der Waals surface area contributed by atoms with Crippen molar-refractivity contribution in [3.63, 3.8) is 0 Å². The van der Waals surface area contributed by atoms with E-state index in [1.807, 2.05) is 51.1 Å². The SMILES string of the molecule is Cc1cc(OCC(=O)NCc2ccc(NC(=O)NC(C)C)cc2)ccc1C(C)C. The molecule has 0 bridgehead atoms. The van der Waals surface area contributed by atoms with Gasteiger partial charge >= 0.3 is 6.03 Å². The van der Waals surface area contributed by atoms with Crippen molar-refractivity contribution in [1.82, 2.24) is 10.6 Å². The molecule has 0 aliphatic heterocycles. The number of hydrogen-bond donors (Lipinski definition) is 3. The Labute approximate surface area is 173 Å². The Balaban J connectivity index is 1.77. The second kappa shape index (κ2) is 10.5. The number of amides is 3. The lowest BCUT2D eigenvalue weighted by molar-refractivity contribution is -0.123. The summed E-state index contributed by atoms with van der Waals surface area (Å²) in [4.78, 5) is 23.8. The first kappa shape index (κ1) is 22.3. The minimum atomic E-state index is -0.241. The topological polar surface area (TPSA) is 79.5 Å². The fourth-order valence-corrected chi connectivity index (χ4v) is 2.92. The molecule has 0 heterocycles. The van der Waals surface area contributed by atoms with Gasteiger partial charge in [-0.25, -0.2) is 4.79 Å². The van der Waals surface area contributed by atoms with Gasteiger partial charge in [-0.05, 0) is 67.6 Å². The zero-order valence-electron chi connectivity index (χ0n) is 17.8. The number of carbonyl (C=O) groups is 2. The number of carbonyl (C=O) groups excluding carboxylic acids is 2. The third-order valence-electron chi connectivity index (χ3n) is 4.35. The zero-order chi connectivity index (χ0) is 21.4. The Morgan fingerprint density at radius 2 is 1.69 bits per heavy atom. The van der Waals surface area contributed by atoms with Gasteiger partial charge in [0, 0.05) is 18.3 Å². The Kier molecular flexibility index (Phi) is 8.07. The van der Waals surface area contributed by atoms with E-state index in [1.165, 1.54) is 5.56 Å². The summed E-state index contributed by atoms with van der Waals surface area (Å²) in [6.45, 7) is 10.5. The lowest BCUT2D eigenvalue weighted by Gasteiger charge is -2.13. The van der Waals surface area contributed by atoms with E-state index in [0.29, 0.717) is 23.9 Å². The molecule has 3 N–H and O–H groups in total. The monoisotopic (exact) mass is 397 g/mol. The van der Waals surface area contributed by atoms with E-state index in [9.17, 15) is 9.59 Å². The average molecular weight is 398 g/mol. The molecule has 0 aliphatic carbocycles. The van der Waals surface area contributed by atoms with Crippen molar-refractivity contribution in [1.29, 1.82) is 0 Å². The van der Waals surface area contributed by atoms with E-state index >= 15 is 0 Å². The number of aryl methyl sites for hydroxylation is 1. The maximum atomic E-state index is 12.1. The number of urea groups is 1. The standard InChI is InChI=1S/C23H31N3O3/c1-15(2)21-11-10-20(12-17(21)5)29-14-22(27)24-13-18-6-8-19(9-7-18)26-23(28)25-16(3)4/h6-12,15-16H,13-14H2,1-5H3,(H,24,27)(H2,25,26,28). The summed E-state index contributed by atoms with van der Waals surface area (Å²) in [5, 5.41) is 8.36. The van der Waals surface area contributed by atoms with E-state index in [-0.39, 0.29) is 24.6 Å².